The summed E-state index contributed by atoms with van der Waals surface area (Å²) >= 11 is 0. The highest BCUT2D eigenvalue weighted by Gasteiger charge is 2.34. The zero-order valence-corrected chi connectivity index (χ0v) is 6.97. The third-order valence-corrected chi connectivity index (χ3v) is 1.53. The number of allylic oxidation sites excluding steroid dienone is 2. The lowest BCUT2D eigenvalue weighted by Gasteiger charge is -2.09. The van der Waals surface area contributed by atoms with Crippen molar-refractivity contribution in [2.24, 2.45) is 0 Å². The van der Waals surface area contributed by atoms with E-state index in [2.05, 4.69) is 4.98 Å². The fourth-order valence-corrected chi connectivity index (χ4v) is 0.979. The molecular formula is C9H8F3N. The molecule has 0 radical (unpaired) electrons. The molecule has 0 N–H and O–H groups in total. The smallest absolute Gasteiger partial charge is 0.256 e. The minimum Gasteiger partial charge on any atom is -0.256 e. The van der Waals surface area contributed by atoms with Gasteiger partial charge in [-0.2, -0.15) is 13.2 Å². The van der Waals surface area contributed by atoms with Crippen molar-refractivity contribution in [3.8, 4) is 0 Å². The van der Waals surface area contributed by atoms with Crippen LogP contribution in [0.5, 0.6) is 0 Å². The maximum Gasteiger partial charge on any atom is 0.418 e. The molecular weight excluding hydrogens is 179 g/mol. The standard InChI is InChI=1S/C9H8F3N/c1-2-7(9(10,11)12)8-5-3-4-6-13-8/h2-6H,1H3/b7-2-. The van der Waals surface area contributed by atoms with Gasteiger partial charge in [0.2, 0.25) is 0 Å². The molecule has 0 amide bonds. The summed E-state index contributed by atoms with van der Waals surface area (Å²) in [5.74, 6) is 0. The molecule has 0 atom stereocenters. The highest BCUT2D eigenvalue weighted by molar-refractivity contribution is 5.66. The van der Waals surface area contributed by atoms with Crippen molar-refractivity contribution in [1.29, 1.82) is 0 Å². The summed E-state index contributed by atoms with van der Waals surface area (Å²) in [6.45, 7) is 1.34. The summed E-state index contributed by atoms with van der Waals surface area (Å²) in [6, 6.07) is 4.44. The molecule has 0 bridgehead atoms. The Hall–Kier alpha value is -1.32. The first-order valence-electron chi connectivity index (χ1n) is 3.70. The van der Waals surface area contributed by atoms with Crippen molar-refractivity contribution in [2.75, 3.05) is 0 Å². The van der Waals surface area contributed by atoms with Gasteiger partial charge in [-0.1, -0.05) is 12.1 Å². The van der Waals surface area contributed by atoms with Crippen LogP contribution in [0, 0.1) is 0 Å². The average Bonchev–Trinajstić information content (AvgIpc) is 2.05. The van der Waals surface area contributed by atoms with E-state index in [1.54, 1.807) is 6.07 Å². The summed E-state index contributed by atoms with van der Waals surface area (Å²) in [7, 11) is 0. The van der Waals surface area contributed by atoms with Gasteiger partial charge in [-0.05, 0) is 19.1 Å². The molecule has 0 fully saturated rings. The quantitative estimate of drug-likeness (QED) is 0.658. The van der Waals surface area contributed by atoms with E-state index in [-0.39, 0.29) is 5.69 Å². The first-order chi connectivity index (χ1) is 6.05. The van der Waals surface area contributed by atoms with Gasteiger partial charge >= 0.3 is 6.18 Å². The summed E-state index contributed by atoms with van der Waals surface area (Å²) < 4.78 is 36.9. The van der Waals surface area contributed by atoms with Crippen molar-refractivity contribution in [3.63, 3.8) is 0 Å². The number of alkyl halides is 3. The molecule has 1 nitrogen and oxygen atoms in total. The molecule has 0 spiro atoms. The Balaban J connectivity index is 3.08. The lowest BCUT2D eigenvalue weighted by Crippen LogP contribution is -2.11. The second-order valence-electron chi connectivity index (χ2n) is 2.42. The Labute approximate surface area is 73.9 Å². The topological polar surface area (TPSA) is 12.9 Å². The van der Waals surface area contributed by atoms with E-state index in [1.807, 2.05) is 0 Å². The SMILES string of the molecule is C/C=C(/c1ccccn1)C(F)(F)F. The Morgan fingerprint density at radius 3 is 2.46 bits per heavy atom. The van der Waals surface area contributed by atoms with E-state index in [0.29, 0.717) is 0 Å². The van der Waals surface area contributed by atoms with Gasteiger partial charge in [0, 0.05) is 6.20 Å². The molecule has 1 aromatic heterocycles. The molecule has 0 aromatic carbocycles. The molecule has 0 saturated carbocycles. The van der Waals surface area contributed by atoms with Crippen molar-refractivity contribution in [1.82, 2.24) is 4.98 Å². The summed E-state index contributed by atoms with van der Waals surface area (Å²) in [5.41, 5.74) is -0.745. The van der Waals surface area contributed by atoms with Crippen LogP contribution >= 0.6 is 0 Å². The minimum absolute atomic E-state index is 0.0440. The van der Waals surface area contributed by atoms with Gasteiger partial charge in [0.1, 0.15) is 0 Å². The number of halogens is 3. The zero-order chi connectivity index (χ0) is 9.90. The summed E-state index contributed by atoms with van der Waals surface area (Å²) in [6.07, 6.45) is -1.98. The van der Waals surface area contributed by atoms with E-state index in [9.17, 15) is 13.2 Å². The number of aromatic nitrogens is 1. The van der Waals surface area contributed by atoms with Crippen molar-refractivity contribution >= 4 is 5.57 Å². The number of hydrogen-bond donors (Lipinski definition) is 0. The van der Waals surface area contributed by atoms with Gasteiger partial charge in [0.25, 0.3) is 0 Å². The normalized spacial score (nSPS) is 13.1. The molecule has 1 aromatic rings. The van der Waals surface area contributed by atoms with Gasteiger partial charge in [0.05, 0.1) is 11.3 Å². The van der Waals surface area contributed by atoms with Crippen LogP contribution in [0.25, 0.3) is 5.57 Å². The molecule has 0 unspecified atom stereocenters. The highest BCUT2D eigenvalue weighted by Crippen LogP contribution is 2.32. The van der Waals surface area contributed by atoms with Crippen LogP contribution in [0.1, 0.15) is 12.6 Å². The van der Waals surface area contributed by atoms with Crippen LogP contribution < -0.4 is 0 Å². The fourth-order valence-electron chi connectivity index (χ4n) is 0.979. The molecule has 13 heavy (non-hydrogen) atoms. The first kappa shape index (κ1) is 9.77. The van der Waals surface area contributed by atoms with Crippen LogP contribution in [0.2, 0.25) is 0 Å². The zero-order valence-electron chi connectivity index (χ0n) is 6.97. The minimum atomic E-state index is -4.33. The second-order valence-corrected chi connectivity index (χ2v) is 2.42. The van der Waals surface area contributed by atoms with Gasteiger partial charge in [-0.15, -0.1) is 0 Å². The maximum atomic E-state index is 12.3. The molecule has 0 aliphatic heterocycles. The van der Waals surface area contributed by atoms with E-state index in [4.69, 9.17) is 0 Å². The summed E-state index contributed by atoms with van der Waals surface area (Å²) in [5, 5.41) is 0. The van der Waals surface area contributed by atoms with Crippen LogP contribution in [0.4, 0.5) is 13.2 Å². The third-order valence-electron chi connectivity index (χ3n) is 1.53. The lowest BCUT2D eigenvalue weighted by atomic mass is 10.1. The number of rotatable bonds is 1. The van der Waals surface area contributed by atoms with E-state index in [1.165, 1.54) is 25.3 Å². The molecule has 0 saturated heterocycles. The Morgan fingerprint density at radius 1 is 1.38 bits per heavy atom. The van der Waals surface area contributed by atoms with E-state index in [0.717, 1.165) is 6.08 Å². The van der Waals surface area contributed by atoms with Gasteiger partial charge < -0.3 is 0 Å². The highest BCUT2D eigenvalue weighted by atomic mass is 19.4. The second kappa shape index (κ2) is 3.60. The van der Waals surface area contributed by atoms with Crippen LogP contribution in [-0.2, 0) is 0 Å². The number of nitrogens with zero attached hydrogens (tertiary/aromatic N) is 1. The largest absolute Gasteiger partial charge is 0.418 e. The molecule has 0 aliphatic carbocycles. The Bertz CT molecular complexity index is 300. The molecule has 70 valence electrons. The number of hydrogen-bond acceptors (Lipinski definition) is 1. The van der Waals surface area contributed by atoms with Crippen LogP contribution in [0.15, 0.2) is 30.5 Å². The van der Waals surface area contributed by atoms with E-state index < -0.39 is 11.7 Å². The van der Waals surface area contributed by atoms with Crippen molar-refractivity contribution in [3.05, 3.63) is 36.2 Å². The summed E-state index contributed by atoms with van der Waals surface area (Å²) in [4.78, 5) is 3.63. The molecule has 1 rings (SSSR count). The molecule has 1 heterocycles. The average molecular weight is 187 g/mol. The maximum absolute atomic E-state index is 12.3. The third kappa shape index (κ3) is 2.31. The van der Waals surface area contributed by atoms with Gasteiger partial charge in [-0.25, -0.2) is 0 Å². The van der Waals surface area contributed by atoms with Gasteiger partial charge in [0.15, 0.2) is 0 Å². The predicted octanol–water partition coefficient (Wildman–Crippen LogP) is 3.05. The van der Waals surface area contributed by atoms with Crippen molar-refractivity contribution < 1.29 is 13.2 Å². The Morgan fingerprint density at radius 2 is 2.08 bits per heavy atom. The predicted molar refractivity (Wildman–Crippen MR) is 43.9 cm³/mol. The lowest BCUT2D eigenvalue weighted by molar-refractivity contribution is -0.0692. The Kier molecular flexibility index (Phi) is 2.70. The van der Waals surface area contributed by atoms with Crippen LogP contribution in [0.3, 0.4) is 0 Å². The molecule has 0 aliphatic rings. The van der Waals surface area contributed by atoms with Crippen molar-refractivity contribution in [2.45, 2.75) is 13.1 Å². The van der Waals surface area contributed by atoms with Gasteiger partial charge in [-0.3, -0.25) is 4.98 Å². The first-order valence-corrected chi connectivity index (χ1v) is 3.70. The monoisotopic (exact) mass is 187 g/mol. The number of pyridine rings is 1. The fraction of sp³-hybridized carbons (Fsp3) is 0.222. The molecule has 4 heteroatoms. The van der Waals surface area contributed by atoms with E-state index >= 15 is 0 Å². The van der Waals surface area contributed by atoms with Crippen LogP contribution in [-0.4, -0.2) is 11.2 Å².